The zero-order valence-corrected chi connectivity index (χ0v) is 18.7. The molecule has 4 rings (SSSR count). The van der Waals surface area contributed by atoms with Crippen LogP contribution in [0.25, 0.3) is 0 Å². The van der Waals surface area contributed by atoms with Crippen LogP contribution in [0.1, 0.15) is 17.2 Å². The second-order valence-electron chi connectivity index (χ2n) is 7.29. The van der Waals surface area contributed by atoms with Crippen LogP contribution in [0.4, 0.5) is 0 Å². The average molecular weight is 435 g/mol. The Bertz CT molecular complexity index is 900. The topological polar surface area (TPSA) is 15.7 Å². The number of hydrogen-bond donors (Lipinski definition) is 0. The Kier molecular flexibility index (Phi) is 7.05. The molecular weight excluding hydrogens is 408 g/mol. The quantitative estimate of drug-likeness (QED) is 0.389. The zero-order valence-electron chi connectivity index (χ0n) is 17.1. The highest BCUT2D eigenvalue weighted by molar-refractivity contribution is 8.22. The third kappa shape index (κ3) is 5.04. The lowest BCUT2D eigenvalue weighted by Crippen LogP contribution is -2.48. The van der Waals surface area contributed by atoms with Gasteiger partial charge in [-0.25, -0.2) is 0 Å². The van der Waals surface area contributed by atoms with Crippen LogP contribution in [0.2, 0.25) is 0 Å². The number of nitrogens with zero attached hydrogens (tertiary/aromatic N) is 2. The monoisotopic (exact) mass is 434 g/mol. The van der Waals surface area contributed by atoms with E-state index < -0.39 is 0 Å². The van der Waals surface area contributed by atoms with E-state index in [0.717, 1.165) is 41.1 Å². The molecule has 1 fully saturated rings. The molecule has 3 nitrogen and oxygen atoms in total. The Morgan fingerprint density at radius 2 is 1.33 bits per heavy atom. The van der Waals surface area contributed by atoms with Crippen molar-refractivity contribution in [3.05, 3.63) is 96.1 Å². The second kappa shape index (κ2) is 10.1. The third-order valence-corrected chi connectivity index (χ3v) is 6.88. The normalized spacial score (nSPS) is 14.7. The molecule has 1 heterocycles. The minimum absolute atomic E-state index is 0.275. The van der Waals surface area contributed by atoms with E-state index in [9.17, 15) is 0 Å². The first kappa shape index (κ1) is 20.9. The van der Waals surface area contributed by atoms with Crippen molar-refractivity contribution in [1.29, 1.82) is 0 Å². The minimum Gasteiger partial charge on any atom is -0.497 e. The van der Waals surface area contributed by atoms with Crippen LogP contribution in [-0.4, -0.2) is 47.4 Å². The van der Waals surface area contributed by atoms with Crippen molar-refractivity contribution in [3.8, 4) is 5.75 Å². The molecule has 0 unspecified atom stereocenters. The van der Waals surface area contributed by atoms with Gasteiger partial charge in [0.25, 0.3) is 0 Å². The van der Waals surface area contributed by atoms with Crippen LogP contribution in [-0.2, 0) is 0 Å². The molecule has 0 radical (unpaired) electrons. The van der Waals surface area contributed by atoms with Crippen molar-refractivity contribution in [2.24, 2.45) is 0 Å². The first-order valence-electron chi connectivity index (χ1n) is 10.2. The summed E-state index contributed by atoms with van der Waals surface area (Å²) in [4.78, 5) is 6.05. The summed E-state index contributed by atoms with van der Waals surface area (Å²) in [6, 6.07) is 30.0. The number of thiocarbonyl (C=S) groups is 1. The van der Waals surface area contributed by atoms with Gasteiger partial charge in [0.05, 0.1) is 13.2 Å². The predicted molar refractivity (Wildman–Crippen MR) is 129 cm³/mol. The number of thioether (sulfide) groups is 1. The summed E-state index contributed by atoms with van der Waals surface area (Å²) in [5.74, 6) is 0.867. The van der Waals surface area contributed by atoms with Crippen molar-refractivity contribution < 1.29 is 4.74 Å². The van der Waals surface area contributed by atoms with Gasteiger partial charge < -0.3 is 9.64 Å². The van der Waals surface area contributed by atoms with Crippen LogP contribution >= 0.6 is 24.0 Å². The zero-order chi connectivity index (χ0) is 20.8. The molecule has 0 spiro atoms. The molecule has 1 saturated heterocycles. The van der Waals surface area contributed by atoms with Crippen molar-refractivity contribution in [2.45, 2.75) is 10.9 Å². The largest absolute Gasteiger partial charge is 0.497 e. The highest BCUT2D eigenvalue weighted by Gasteiger charge is 2.27. The Labute approximate surface area is 188 Å². The Morgan fingerprint density at radius 1 is 0.800 bits per heavy atom. The number of benzene rings is 3. The lowest BCUT2D eigenvalue weighted by atomic mass is 9.96. The van der Waals surface area contributed by atoms with Crippen LogP contribution in [0, 0.1) is 0 Å². The molecule has 1 aliphatic rings. The van der Waals surface area contributed by atoms with E-state index in [1.54, 1.807) is 18.9 Å². The molecule has 154 valence electrons. The summed E-state index contributed by atoms with van der Waals surface area (Å²) in [6.07, 6.45) is 0. The van der Waals surface area contributed by atoms with Crippen LogP contribution in [0.3, 0.4) is 0 Å². The standard InChI is InChI=1S/C25H26N2OS2/c1-28-22-12-14-23(15-13-22)30-25(29)27-18-16-26(17-19-27)24(20-8-4-2-5-9-20)21-10-6-3-7-11-21/h2-15,24H,16-19H2,1H3. The molecule has 0 aliphatic carbocycles. The lowest BCUT2D eigenvalue weighted by molar-refractivity contribution is 0.153. The highest BCUT2D eigenvalue weighted by Crippen LogP contribution is 2.31. The Hall–Kier alpha value is -2.34. The number of methoxy groups -OCH3 is 1. The molecule has 0 N–H and O–H groups in total. The summed E-state index contributed by atoms with van der Waals surface area (Å²) in [5, 5.41) is 0. The van der Waals surface area contributed by atoms with Gasteiger partial charge in [-0.2, -0.15) is 0 Å². The second-order valence-corrected chi connectivity index (χ2v) is 9.00. The summed E-state index contributed by atoms with van der Waals surface area (Å²) in [5.41, 5.74) is 2.68. The van der Waals surface area contributed by atoms with Crippen LogP contribution in [0.15, 0.2) is 89.8 Å². The van der Waals surface area contributed by atoms with E-state index in [1.165, 1.54) is 11.1 Å². The number of hydrogen-bond acceptors (Lipinski definition) is 4. The van der Waals surface area contributed by atoms with Gasteiger partial charge in [-0.05, 0) is 35.4 Å². The van der Waals surface area contributed by atoms with E-state index in [-0.39, 0.29) is 6.04 Å². The van der Waals surface area contributed by atoms with E-state index in [1.807, 2.05) is 12.1 Å². The van der Waals surface area contributed by atoms with E-state index >= 15 is 0 Å². The third-order valence-electron chi connectivity index (χ3n) is 5.43. The maximum atomic E-state index is 5.75. The Morgan fingerprint density at radius 3 is 1.83 bits per heavy atom. The smallest absolute Gasteiger partial charge is 0.141 e. The molecule has 0 aromatic heterocycles. The van der Waals surface area contributed by atoms with Gasteiger partial charge in [0.2, 0.25) is 0 Å². The number of piperazine rings is 1. The Balaban J connectivity index is 1.42. The molecule has 0 atom stereocenters. The summed E-state index contributed by atoms with van der Waals surface area (Å²) in [7, 11) is 1.68. The molecule has 3 aromatic rings. The lowest BCUT2D eigenvalue weighted by Gasteiger charge is -2.40. The van der Waals surface area contributed by atoms with Gasteiger partial charge in [-0.1, -0.05) is 84.6 Å². The number of ether oxygens (including phenoxy) is 1. The van der Waals surface area contributed by atoms with E-state index in [4.69, 9.17) is 17.0 Å². The molecule has 0 saturated carbocycles. The fraction of sp³-hybridized carbons (Fsp3) is 0.240. The molecule has 3 aromatic carbocycles. The first-order chi connectivity index (χ1) is 14.7. The molecule has 0 amide bonds. The van der Waals surface area contributed by atoms with Gasteiger partial charge in [-0.15, -0.1) is 0 Å². The fourth-order valence-electron chi connectivity index (χ4n) is 3.86. The van der Waals surface area contributed by atoms with Crippen LogP contribution < -0.4 is 4.74 Å². The van der Waals surface area contributed by atoms with Gasteiger partial charge in [0.1, 0.15) is 10.1 Å². The summed E-state index contributed by atoms with van der Waals surface area (Å²) >= 11 is 7.40. The predicted octanol–water partition coefficient (Wildman–Crippen LogP) is 5.48. The molecule has 30 heavy (non-hydrogen) atoms. The van der Waals surface area contributed by atoms with Crippen LogP contribution in [0.5, 0.6) is 5.75 Å². The van der Waals surface area contributed by atoms with Crippen molar-refractivity contribution in [1.82, 2.24) is 9.80 Å². The molecule has 1 aliphatic heterocycles. The van der Waals surface area contributed by atoms with Gasteiger partial charge >= 0.3 is 0 Å². The summed E-state index contributed by atoms with van der Waals surface area (Å²) in [6.45, 7) is 3.85. The average Bonchev–Trinajstić information content (AvgIpc) is 2.81. The molecule has 0 bridgehead atoms. The highest BCUT2D eigenvalue weighted by atomic mass is 32.2. The van der Waals surface area contributed by atoms with Gasteiger partial charge in [0.15, 0.2) is 0 Å². The van der Waals surface area contributed by atoms with Crippen molar-refractivity contribution in [2.75, 3.05) is 33.3 Å². The number of rotatable bonds is 5. The fourth-order valence-corrected chi connectivity index (χ4v) is 5.11. The SMILES string of the molecule is COc1ccc(SC(=S)N2CCN(C(c3ccccc3)c3ccccc3)CC2)cc1. The summed E-state index contributed by atoms with van der Waals surface area (Å²) < 4.78 is 6.18. The molecule has 5 heteroatoms. The van der Waals surface area contributed by atoms with E-state index in [2.05, 4.69) is 82.6 Å². The van der Waals surface area contributed by atoms with Crippen molar-refractivity contribution in [3.63, 3.8) is 0 Å². The van der Waals surface area contributed by atoms with Crippen molar-refractivity contribution >= 4 is 28.3 Å². The maximum Gasteiger partial charge on any atom is 0.141 e. The van der Waals surface area contributed by atoms with E-state index in [0.29, 0.717) is 0 Å². The first-order valence-corrected chi connectivity index (χ1v) is 11.4. The van der Waals surface area contributed by atoms with Gasteiger partial charge in [-0.3, -0.25) is 4.90 Å². The molecular formula is C25H26N2OS2. The van der Waals surface area contributed by atoms with Gasteiger partial charge in [0, 0.05) is 31.1 Å². The minimum atomic E-state index is 0.275. The maximum absolute atomic E-state index is 5.75.